The number of rotatable bonds is 3. The van der Waals surface area contributed by atoms with Gasteiger partial charge in [0.25, 0.3) is 5.56 Å². The van der Waals surface area contributed by atoms with Gasteiger partial charge in [-0.15, -0.1) is 0 Å². The monoisotopic (exact) mass is 400 g/mol. The van der Waals surface area contributed by atoms with Crippen molar-refractivity contribution in [1.29, 1.82) is 0 Å². The largest absolute Gasteiger partial charge is 0.294 e. The highest BCUT2D eigenvalue weighted by Crippen LogP contribution is 2.26. The normalized spacial score (nSPS) is 11.3. The van der Waals surface area contributed by atoms with E-state index >= 15 is 0 Å². The van der Waals surface area contributed by atoms with Gasteiger partial charge in [-0.25, -0.2) is 18.7 Å². The summed E-state index contributed by atoms with van der Waals surface area (Å²) < 4.78 is 30.8. The first kappa shape index (κ1) is 18.1. The van der Waals surface area contributed by atoms with E-state index in [0.717, 1.165) is 10.9 Å². The van der Waals surface area contributed by atoms with Crippen LogP contribution in [0, 0.1) is 11.6 Å². The predicted molar refractivity (Wildman–Crippen MR) is 110 cm³/mol. The maximum Gasteiger partial charge on any atom is 0.263 e. The van der Waals surface area contributed by atoms with E-state index in [4.69, 9.17) is 0 Å². The van der Waals surface area contributed by atoms with Crippen LogP contribution in [0.5, 0.6) is 0 Å². The molecule has 0 unspecified atom stereocenters. The predicted octanol–water partition coefficient (Wildman–Crippen LogP) is 4.33. The first-order chi connectivity index (χ1) is 14.6. The minimum Gasteiger partial charge on any atom is -0.294 e. The highest BCUT2D eigenvalue weighted by atomic mass is 19.1. The van der Waals surface area contributed by atoms with Crippen molar-refractivity contribution in [2.45, 2.75) is 6.54 Å². The van der Waals surface area contributed by atoms with Crippen molar-refractivity contribution < 1.29 is 8.78 Å². The summed E-state index contributed by atoms with van der Waals surface area (Å²) in [6.45, 7) is -0.273. The quantitative estimate of drug-likeness (QED) is 0.452. The molecule has 5 nitrogen and oxygen atoms in total. The van der Waals surface area contributed by atoms with Crippen LogP contribution in [-0.2, 0) is 6.54 Å². The molecule has 5 rings (SSSR count). The summed E-state index contributed by atoms with van der Waals surface area (Å²) in [7, 11) is 0. The van der Waals surface area contributed by atoms with Crippen molar-refractivity contribution >= 4 is 21.9 Å². The van der Waals surface area contributed by atoms with Gasteiger partial charge in [0.2, 0.25) is 0 Å². The molecule has 0 bridgehead atoms. The van der Waals surface area contributed by atoms with Crippen molar-refractivity contribution in [3.8, 4) is 11.1 Å². The van der Waals surface area contributed by atoms with E-state index in [0.29, 0.717) is 22.2 Å². The van der Waals surface area contributed by atoms with Crippen LogP contribution in [0.4, 0.5) is 8.78 Å². The fourth-order valence-corrected chi connectivity index (χ4v) is 3.43. The maximum atomic E-state index is 14.8. The molecular weight excluding hydrogens is 386 g/mol. The van der Waals surface area contributed by atoms with Crippen LogP contribution in [0.25, 0.3) is 33.1 Å². The zero-order chi connectivity index (χ0) is 20.7. The van der Waals surface area contributed by atoms with Crippen molar-refractivity contribution in [3.63, 3.8) is 0 Å². The second-order valence-electron chi connectivity index (χ2n) is 6.89. The van der Waals surface area contributed by atoms with Gasteiger partial charge in [-0.2, -0.15) is 0 Å². The van der Waals surface area contributed by atoms with Crippen LogP contribution in [0.3, 0.4) is 0 Å². The summed E-state index contributed by atoms with van der Waals surface area (Å²) in [6, 6.07) is 15.1. The van der Waals surface area contributed by atoms with Crippen LogP contribution >= 0.6 is 0 Å². The van der Waals surface area contributed by atoms with E-state index in [1.54, 1.807) is 18.3 Å². The third kappa shape index (κ3) is 3.10. The smallest absolute Gasteiger partial charge is 0.263 e. The van der Waals surface area contributed by atoms with Gasteiger partial charge >= 0.3 is 0 Å². The molecule has 2 aromatic carbocycles. The van der Waals surface area contributed by atoms with Crippen molar-refractivity contribution in [2.75, 3.05) is 0 Å². The number of para-hydroxylation sites is 1. The SMILES string of the molecule is O=c1c2cccnc2ncn1Cc1c(F)cc(-c2cnc3ccccc3c2)cc1F. The van der Waals surface area contributed by atoms with Gasteiger partial charge in [0.1, 0.15) is 18.0 Å². The first-order valence-corrected chi connectivity index (χ1v) is 9.23. The number of halogens is 2. The average molecular weight is 400 g/mol. The topological polar surface area (TPSA) is 60.7 Å². The van der Waals surface area contributed by atoms with Crippen LogP contribution in [0.2, 0.25) is 0 Å². The Morgan fingerprint density at radius 3 is 2.50 bits per heavy atom. The summed E-state index contributed by atoms with van der Waals surface area (Å²) in [6.07, 6.45) is 4.36. The second kappa shape index (κ2) is 7.11. The van der Waals surface area contributed by atoms with E-state index < -0.39 is 17.2 Å². The lowest BCUT2D eigenvalue weighted by Gasteiger charge is -2.11. The van der Waals surface area contributed by atoms with Gasteiger partial charge in [0, 0.05) is 28.9 Å². The number of fused-ring (bicyclic) bond motifs is 2. The zero-order valence-electron chi connectivity index (χ0n) is 15.6. The summed E-state index contributed by atoms with van der Waals surface area (Å²) >= 11 is 0. The number of nitrogens with zero attached hydrogens (tertiary/aromatic N) is 4. The molecule has 7 heteroatoms. The molecular formula is C23H14F2N4O. The Morgan fingerprint density at radius 2 is 1.67 bits per heavy atom. The third-order valence-electron chi connectivity index (χ3n) is 4.99. The molecule has 0 saturated carbocycles. The molecule has 0 fully saturated rings. The summed E-state index contributed by atoms with van der Waals surface area (Å²) in [5.74, 6) is -1.48. The van der Waals surface area contributed by atoms with Gasteiger partial charge in [-0.3, -0.25) is 14.3 Å². The van der Waals surface area contributed by atoms with E-state index in [1.807, 2.05) is 30.3 Å². The van der Waals surface area contributed by atoms with Crippen LogP contribution in [0.1, 0.15) is 5.56 Å². The molecule has 5 aromatic rings. The van der Waals surface area contributed by atoms with E-state index in [-0.39, 0.29) is 12.1 Å². The minimum absolute atomic E-state index is 0.209. The molecule has 146 valence electrons. The Hall–Kier alpha value is -4.00. The molecule has 0 aliphatic heterocycles. The zero-order valence-corrected chi connectivity index (χ0v) is 15.6. The van der Waals surface area contributed by atoms with Gasteiger partial charge in [-0.05, 0) is 42.0 Å². The lowest BCUT2D eigenvalue weighted by molar-refractivity contribution is 0.541. The highest BCUT2D eigenvalue weighted by Gasteiger charge is 2.15. The van der Waals surface area contributed by atoms with E-state index in [2.05, 4.69) is 15.0 Å². The Morgan fingerprint density at radius 1 is 0.867 bits per heavy atom. The molecule has 0 N–H and O–H groups in total. The molecule has 0 radical (unpaired) electrons. The molecule has 0 aliphatic rings. The van der Waals surface area contributed by atoms with Gasteiger partial charge in [-0.1, -0.05) is 18.2 Å². The standard InChI is InChI=1S/C23H14F2N4O/c24-19-9-15(16-8-14-4-1-2-6-21(14)27-11-16)10-20(25)18(19)12-29-13-28-22-17(23(29)30)5-3-7-26-22/h1-11,13H,12H2. The van der Waals surface area contributed by atoms with Gasteiger partial charge < -0.3 is 0 Å². The number of aromatic nitrogens is 4. The minimum atomic E-state index is -0.739. The van der Waals surface area contributed by atoms with Crippen molar-refractivity contribution in [1.82, 2.24) is 19.5 Å². The lowest BCUT2D eigenvalue weighted by atomic mass is 10.0. The number of hydrogen-bond acceptors (Lipinski definition) is 4. The third-order valence-corrected chi connectivity index (χ3v) is 4.99. The number of hydrogen-bond donors (Lipinski definition) is 0. The van der Waals surface area contributed by atoms with E-state index in [9.17, 15) is 13.6 Å². The van der Waals surface area contributed by atoms with Crippen LogP contribution < -0.4 is 5.56 Å². The molecule has 3 heterocycles. The summed E-state index contributed by atoms with van der Waals surface area (Å²) in [5, 5.41) is 1.17. The lowest BCUT2D eigenvalue weighted by Crippen LogP contribution is -2.22. The van der Waals surface area contributed by atoms with Crippen LogP contribution in [-0.4, -0.2) is 19.5 Å². The molecule has 0 saturated heterocycles. The Kier molecular flexibility index (Phi) is 4.28. The first-order valence-electron chi connectivity index (χ1n) is 9.23. The molecule has 0 spiro atoms. The molecule has 3 aromatic heterocycles. The average Bonchev–Trinajstić information content (AvgIpc) is 2.77. The highest BCUT2D eigenvalue weighted by molar-refractivity contribution is 5.83. The van der Waals surface area contributed by atoms with Gasteiger partial charge in [0.05, 0.1) is 17.4 Å². The molecule has 0 amide bonds. The second-order valence-corrected chi connectivity index (χ2v) is 6.89. The molecule has 0 atom stereocenters. The summed E-state index contributed by atoms with van der Waals surface area (Å²) in [4.78, 5) is 25.0. The van der Waals surface area contributed by atoms with Crippen molar-refractivity contribution in [2.24, 2.45) is 0 Å². The fourth-order valence-electron chi connectivity index (χ4n) is 3.43. The number of pyridine rings is 2. The van der Waals surface area contributed by atoms with Crippen molar-refractivity contribution in [3.05, 3.63) is 101 Å². The Balaban J connectivity index is 1.54. The summed E-state index contributed by atoms with van der Waals surface area (Å²) in [5.41, 5.74) is 1.46. The fraction of sp³-hybridized carbons (Fsp3) is 0.0435. The number of benzene rings is 2. The van der Waals surface area contributed by atoms with Gasteiger partial charge in [0.15, 0.2) is 5.65 Å². The van der Waals surface area contributed by atoms with E-state index in [1.165, 1.54) is 29.2 Å². The maximum absolute atomic E-state index is 14.8. The Bertz CT molecular complexity index is 1460. The van der Waals surface area contributed by atoms with Crippen LogP contribution in [0.15, 0.2) is 78.1 Å². The molecule has 0 aliphatic carbocycles. The molecule has 30 heavy (non-hydrogen) atoms. The Labute approximate surface area is 169 Å².